The van der Waals surface area contributed by atoms with Gasteiger partial charge in [-0.25, -0.2) is 4.79 Å². The standard InChI is InChI=1S/C35H51N5O6/c1-33(2,3)27(38-32(46)39-35(16-10-7-11-17-35)28(42)21-12-8-6-9-13-21)31(45)40-19-22-24(34(22,4)5)25(40)30(44)37-23(18-20-14-15-20)26(41)29(36)43/h6,8-9,12-13,20,22-25,27-28,42H,7,10-11,14-19H2,1-5H3,(H2,36,43)(H,37,44)(H2,38,39,46)/t22?,23?,24?,25-,27+,28?/m0/s1. The van der Waals surface area contributed by atoms with Crippen LogP contribution in [0.25, 0.3) is 0 Å². The van der Waals surface area contributed by atoms with Crippen molar-refractivity contribution in [3.63, 3.8) is 0 Å². The summed E-state index contributed by atoms with van der Waals surface area (Å²) in [5.74, 6) is -2.57. The minimum atomic E-state index is -1.09. The monoisotopic (exact) mass is 637 g/mol. The summed E-state index contributed by atoms with van der Waals surface area (Å²) in [5.41, 5.74) is 4.25. The van der Waals surface area contributed by atoms with E-state index in [4.69, 9.17) is 5.73 Å². The van der Waals surface area contributed by atoms with Gasteiger partial charge in [-0.1, -0.05) is 97.1 Å². The van der Waals surface area contributed by atoms with E-state index >= 15 is 0 Å². The molecule has 4 aliphatic rings. The minimum Gasteiger partial charge on any atom is -0.386 e. The second-order valence-corrected chi connectivity index (χ2v) is 15.8. The predicted octanol–water partition coefficient (Wildman–Crippen LogP) is 2.96. The van der Waals surface area contributed by atoms with Crippen LogP contribution in [0.2, 0.25) is 0 Å². The van der Waals surface area contributed by atoms with Gasteiger partial charge in [-0.05, 0) is 53.4 Å². The normalized spacial score (nSPS) is 26.6. The number of fused-ring (bicyclic) bond motifs is 1. The molecule has 6 N–H and O–H groups in total. The van der Waals surface area contributed by atoms with Gasteiger partial charge < -0.3 is 31.7 Å². The smallest absolute Gasteiger partial charge is 0.315 e. The van der Waals surface area contributed by atoms with Gasteiger partial charge in [0.15, 0.2) is 0 Å². The van der Waals surface area contributed by atoms with Crippen LogP contribution >= 0.6 is 0 Å². The molecule has 3 saturated carbocycles. The molecule has 0 aromatic heterocycles. The highest BCUT2D eigenvalue weighted by molar-refractivity contribution is 6.37. The molecule has 11 heteroatoms. The number of aliphatic hydroxyl groups excluding tert-OH is 1. The van der Waals surface area contributed by atoms with Crippen molar-refractivity contribution in [1.29, 1.82) is 0 Å². The van der Waals surface area contributed by atoms with Gasteiger partial charge in [0.25, 0.3) is 5.91 Å². The number of nitrogens with two attached hydrogens (primary N) is 1. The number of aliphatic hydroxyl groups is 1. The maximum Gasteiger partial charge on any atom is 0.315 e. The molecule has 5 rings (SSSR count). The summed E-state index contributed by atoms with van der Waals surface area (Å²) < 4.78 is 0. The highest BCUT2D eigenvalue weighted by Crippen LogP contribution is 2.65. The first-order valence-electron chi connectivity index (χ1n) is 16.8. The number of rotatable bonds is 11. The molecule has 4 unspecified atom stereocenters. The molecule has 4 fully saturated rings. The lowest BCUT2D eigenvalue weighted by atomic mass is 9.75. The fourth-order valence-corrected chi connectivity index (χ4v) is 7.97. The van der Waals surface area contributed by atoms with Crippen molar-refractivity contribution in [3.05, 3.63) is 35.9 Å². The fourth-order valence-electron chi connectivity index (χ4n) is 7.97. The number of benzene rings is 1. The van der Waals surface area contributed by atoms with Crippen LogP contribution in [0.4, 0.5) is 4.79 Å². The lowest BCUT2D eigenvalue weighted by Gasteiger charge is -2.43. The van der Waals surface area contributed by atoms with Gasteiger partial charge in [0, 0.05) is 6.54 Å². The molecule has 0 radical (unpaired) electrons. The lowest BCUT2D eigenvalue weighted by molar-refractivity contribution is -0.145. The van der Waals surface area contributed by atoms with E-state index in [1.807, 2.05) is 51.1 Å². The van der Waals surface area contributed by atoms with Gasteiger partial charge in [0.05, 0.1) is 11.6 Å². The van der Waals surface area contributed by atoms with E-state index in [1.54, 1.807) is 4.90 Å². The van der Waals surface area contributed by atoms with Crippen molar-refractivity contribution in [2.24, 2.45) is 34.3 Å². The zero-order valence-corrected chi connectivity index (χ0v) is 27.8. The number of piperidine rings is 1. The van der Waals surface area contributed by atoms with Crippen LogP contribution in [0.5, 0.6) is 0 Å². The number of ketones is 1. The van der Waals surface area contributed by atoms with Crippen LogP contribution in [-0.2, 0) is 19.2 Å². The molecular formula is C35H51N5O6. The van der Waals surface area contributed by atoms with Crippen LogP contribution in [0.1, 0.15) is 97.7 Å². The van der Waals surface area contributed by atoms with Gasteiger partial charge in [-0.15, -0.1) is 0 Å². The minimum absolute atomic E-state index is 0.0851. The third kappa shape index (κ3) is 6.80. The van der Waals surface area contributed by atoms with Crippen molar-refractivity contribution in [2.45, 2.75) is 116 Å². The first kappa shape index (κ1) is 33.9. The molecule has 1 aromatic carbocycles. The average Bonchev–Trinajstić information content (AvgIpc) is 3.86. The topological polar surface area (TPSA) is 171 Å². The maximum absolute atomic E-state index is 14.4. The molecule has 0 bridgehead atoms. The number of hydrogen-bond acceptors (Lipinski definition) is 6. The number of primary amides is 1. The van der Waals surface area contributed by atoms with Crippen LogP contribution in [0, 0.1) is 28.6 Å². The number of nitrogens with zero attached hydrogens (tertiary/aromatic N) is 1. The van der Waals surface area contributed by atoms with Gasteiger partial charge in [-0.3, -0.25) is 19.2 Å². The number of carbonyl (C=O) groups is 5. The van der Waals surface area contributed by atoms with E-state index < -0.39 is 58.8 Å². The summed E-state index contributed by atoms with van der Waals surface area (Å²) in [4.78, 5) is 68.0. The Hall–Kier alpha value is -3.47. The zero-order chi connectivity index (χ0) is 33.6. The number of urea groups is 1. The number of carbonyl (C=O) groups excluding carboxylic acids is 5. The molecule has 1 saturated heterocycles. The first-order valence-corrected chi connectivity index (χ1v) is 16.8. The molecule has 1 aromatic rings. The Labute approximate surface area is 271 Å². The van der Waals surface area contributed by atoms with Gasteiger partial charge in [0.2, 0.25) is 17.6 Å². The van der Waals surface area contributed by atoms with Crippen LogP contribution in [0.15, 0.2) is 30.3 Å². The van der Waals surface area contributed by atoms with Crippen molar-refractivity contribution in [3.8, 4) is 0 Å². The second kappa shape index (κ2) is 12.6. The fraction of sp³-hybridized carbons (Fsp3) is 0.686. The highest BCUT2D eigenvalue weighted by Gasteiger charge is 2.70. The molecule has 46 heavy (non-hydrogen) atoms. The molecule has 1 heterocycles. The summed E-state index contributed by atoms with van der Waals surface area (Å²) in [7, 11) is 0. The van der Waals surface area contributed by atoms with Crippen LogP contribution in [0.3, 0.4) is 0 Å². The highest BCUT2D eigenvalue weighted by atomic mass is 16.3. The zero-order valence-electron chi connectivity index (χ0n) is 27.8. The van der Waals surface area contributed by atoms with E-state index in [0.717, 1.165) is 37.7 Å². The lowest BCUT2D eigenvalue weighted by Crippen LogP contribution is -2.63. The van der Waals surface area contributed by atoms with Gasteiger partial charge >= 0.3 is 6.03 Å². The van der Waals surface area contributed by atoms with Crippen LogP contribution < -0.4 is 21.7 Å². The Bertz CT molecular complexity index is 1350. The number of amides is 5. The second-order valence-electron chi connectivity index (χ2n) is 15.8. The summed E-state index contributed by atoms with van der Waals surface area (Å²) in [6.07, 6.45) is 5.20. The number of hydrogen-bond donors (Lipinski definition) is 5. The molecule has 11 nitrogen and oxygen atoms in total. The Morgan fingerprint density at radius 2 is 1.63 bits per heavy atom. The third-order valence-corrected chi connectivity index (χ3v) is 11.0. The van der Waals surface area contributed by atoms with E-state index in [1.165, 1.54) is 0 Å². The van der Waals surface area contributed by atoms with Crippen molar-refractivity contribution in [1.82, 2.24) is 20.9 Å². The Balaban J connectivity index is 1.35. The summed E-state index contributed by atoms with van der Waals surface area (Å²) in [6.45, 7) is 10.1. The van der Waals surface area contributed by atoms with Gasteiger partial charge in [-0.2, -0.15) is 0 Å². The quantitative estimate of drug-likeness (QED) is 0.234. The maximum atomic E-state index is 14.4. The summed E-state index contributed by atoms with van der Waals surface area (Å²) in [6, 6.07) is 5.88. The van der Waals surface area contributed by atoms with E-state index in [2.05, 4.69) is 29.8 Å². The number of likely N-dealkylation sites (tertiary alicyclic amines) is 1. The Morgan fingerprint density at radius 1 is 1.00 bits per heavy atom. The molecule has 0 spiro atoms. The van der Waals surface area contributed by atoms with Crippen molar-refractivity contribution < 1.29 is 29.1 Å². The van der Waals surface area contributed by atoms with E-state index in [-0.39, 0.29) is 29.1 Å². The Morgan fingerprint density at radius 3 is 2.20 bits per heavy atom. The SMILES string of the molecule is CC1(C)C2CN(C(=O)[C@@H](NC(=O)NC3(C(O)c4ccccc4)CCCCC3)C(C)(C)C)[C@H](C(=O)NC(CC3CC3)C(=O)C(N)=O)C21. The molecule has 5 amide bonds. The van der Waals surface area contributed by atoms with E-state index in [0.29, 0.717) is 25.8 Å². The third-order valence-electron chi connectivity index (χ3n) is 11.0. The number of Topliss-reactive ketones (excluding diaryl/α,β-unsaturated/α-hetero) is 1. The van der Waals surface area contributed by atoms with Crippen molar-refractivity contribution in [2.75, 3.05) is 6.54 Å². The summed E-state index contributed by atoms with van der Waals surface area (Å²) in [5, 5.41) is 20.3. The molecule has 3 aliphatic carbocycles. The van der Waals surface area contributed by atoms with Gasteiger partial charge in [0.1, 0.15) is 18.2 Å². The Kier molecular flexibility index (Phi) is 9.29. The van der Waals surface area contributed by atoms with Crippen LogP contribution in [-0.4, -0.2) is 69.8 Å². The molecular weight excluding hydrogens is 586 g/mol. The molecule has 1 aliphatic heterocycles. The van der Waals surface area contributed by atoms with E-state index in [9.17, 15) is 29.1 Å². The molecule has 252 valence electrons. The molecule has 6 atom stereocenters. The average molecular weight is 638 g/mol. The predicted molar refractivity (Wildman–Crippen MR) is 172 cm³/mol. The number of nitrogens with one attached hydrogen (secondary N) is 3. The largest absolute Gasteiger partial charge is 0.386 e. The van der Waals surface area contributed by atoms with Crippen molar-refractivity contribution >= 4 is 29.5 Å². The summed E-state index contributed by atoms with van der Waals surface area (Å²) >= 11 is 0. The first-order chi connectivity index (χ1) is 21.6.